The molecule has 17 heavy (non-hydrogen) atoms. The minimum absolute atomic E-state index is 0.547. The van der Waals surface area contributed by atoms with E-state index in [9.17, 15) is 10.2 Å². The lowest BCUT2D eigenvalue weighted by molar-refractivity contribution is -0.188. The standard InChI is InChI=1S/C8H11Cl3O6/c9-8(10,11)7-16-5-3(14)4(2(13)1-12)15-6(5)17-7/h2-7,12-14H,1H2/t2-,3+,4?,5-,6-,7?/m1/s1. The minimum atomic E-state index is -1.79. The topological polar surface area (TPSA) is 88.4 Å². The number of aliphatic hydroxyl groups excluding tert-OH is 3. The summed E-state index contributed by atoms with van der Waals surface area (Å²) in [6.45, 7) is -0.547. The third-order valence-corrected chi connectivity index (χ3v) is 3.14. The summed E-state index contributed by atoms with van der Waals surface area (Å²) >= 11 is 16.7. The maximum atomic E-state index is 9.81. The van der Waals surface area contributed by atoms with Crippen LogP contribution in [0.3, 0.4) is 0 Å². The van der Waals surface area contributed by atoms with Crippen LogP contribution < -0.4 is 0 Å². The molecule has 0 aromatic carbocycles. The molecule has 2 saturated heterocycles. The number of hydrogen-bond acceptors (Lipinski definition) is 6. The fourth-order valence-corrected chi connectivity index (χ4v) is 2.10. The zero-order chi connectivity index (χ0) is 12.8. The molecule has 2 rings (SSSR count). The molecular formula is C8H11Cl3O6. The first-order valence-electron chi connectivity index (χ1n) is 4.84. The zero-order valence-corrected chi connectivity index (χ0v) is 10.6. The Balaban J connectivity index is 2.01. The molecule has 0 aromatic heterocycles. The summed E-state index contributed by atoms with van der Waals surface area (Å²) in [6, 6.07) is 0. The molecule has 0 saturated carbocycles. The van der Waals surface area contributed by atoms with Crippen molar-refractivity contribution in [2.45, 2.75) is 40.8 Å². The lowest BCUT2D eigenvalue weighted by Crippen LogP contribution is -2.42. The van der Waals surface area contributed by atoms with Gasteiger partial charge < -0.3 is 29.5 Å². The van der Waals surface area contributed by atoms with Crippen LogP contribution in [-0.4, -0.2) is 62.7 Å². The number of ether oxygens (including phenoxy) is 3. The maximum Gasteiger partial charge on any atom is 0.241 e. The smallest absolute Gasteiger partial charge is 0.241 e. The third-order valence-electron chi connectivity index (χ3n) is 2.60. The van der Waals surface area contributed by atoms with Crippen molar-refractivity contribution < 1.29 is 29.5 Å². The van der Waals surface area contributed by atoms with Crippen LogP contribution in [-0.2, 0) is 14.2 Å². The van der Waals surface area contributed by atoms with E-state index in [0.717, 1.165) is 0 Å². The van der Waals surface area contributed by atoms with Gasteiger partial charge in [0.2, 0.25) is 10.1 Å². The van der Waals surface area contributed by atoms with Gasteiger partial charge >= 0.3 is 0 Å². The summed E-state index contributed by atoms with van der Waals surface area (Å²) in [5.41, 5.74) is 0. The third kappa shape index (κ3) is 2.65. The molecule has 2 fully saturated rings. The van der Waals surface area contributed by atoms with E-state index in [2.05, 4.69) is 0 Å². The van der Waals surface area contributed by atoms with E-state index < -0.39 is 47.4 Å². The molecule has 2 unspecified atom stereocenters. The van der Waals surface area contributed by atoms with E-state index in [1.165, 1.54) is 0 Å². The molecule has 2 aliphatic rings. The van der Waals surface area contributed by atoms with Gasteiger partial charge in [-0.3, -0.25) is 0 Å². The summed E-state index contributed by atoms with van der Waals surface area (Å²) in [6.07, 6.45) is -6.33. The van der Waals surface area contributed by atoms with Crippen LogP contribution in [0.4, 0.5) is 0 Å². The van der Waals surface area contributed by atoms with Crippen molar-refractivity contribution in [1.29, 1.82) is 0 Å². The van der Waals surface area contributed by atoms with Crippen LogP contribution in [0, 0.1) is 0 Å². The van der Waals surface area contributed by atoms with Crippen LogP contribution in [0.15, 0.2) is 0 Å². The van der Waals surface area contributed by atoms with Gasteiger partial charge in [0, 0.05) is 0 Å². The highest BCUT2D eigenvalue weighted by Gasteiger charge is 2.57. The van der Waals surface area contributed by atoms with E-state index in [4.69, 9.17) is 54.1 Å². The number of hydrogen-bond donors (Lipinski definition) is 3. The molecule has 9 heteroatoms. The molecule has 100 valence electrons. The second-order valence-corrected chi connectivity index (χ2v) is 6.19. The summed E-state index contributed by atoms with van der Waals surface area (Å²) in [5, 5.41) is 28.0. The van der Waals surface area contributed by atoms with Crippen LogP contribution in [0.5, 0.6) is 0 Å². The molecule has 0 amide bonds. The lowest BCUT2D eigenvalue weighted by Gasteiger charge is -2.24. The molecule has 0 radical (unpaired) electrons. The van der Waals surface area contributed by atoms with Crippen LogP contribution >= 0.6 is 34.8 Å². The van der Waals surface area contributed by atoms with Gasteiger partial charge in [0.25, 0.3) is 0 Å². The Morgan fingerprint density at radius 3 is 2.29 bits per heavy atom. The van der Waals surface area contributed by atoms with Crippen LogP contribution in [0.25, 0.3) is 0 Å². The van der Waals surface area contributed by atoms with Crippen molar-refractivity contribution >= 4 is 34.8 Å². The van der Waals surface area contributed by atoms with Crippen molar-refractivity contribution in [3.8, 4) is 0 Å². The fourth-order valence-electron chi connectivity index (χ4n) is 1.79. The highest BCUT2D eigenvalue weighted by Crippen LogP contribution is 2.42. The number of rotatable bonds is 2. The molecule has 0 bridgehead atoms. The Kier molecular flexibility index (Phi) is 4.10. The Labute approximate surface area is 112 Å². The van der Waals surface area contributed by atoms with Crippen LogP contribution in [0.2, 0.25) is 0 Å². The minimum Gasteiger partial charge on any atom is -0.394 e. The molecule has 0 aliphatic carbocycles. The van der Waals surface area contributed by atoms with E-state index in [-0.39, 0.29) is 0 Å². The molecule has 2 heterocycles. The van der Waals surface area contributed by atoms with Gasteiger partial charge in [-0.2, -0.15) is 0 Å². The Morgan fingerprint density at radius 1 is 1.18 bits per heavy atom. The molecular weight excluding hydrogens is 298 g/mol. The van der Waals surface area contributed by atoms with Crippen molar-refractivity contribution in [2.75, 3.05) is 6.61 Å². The van der Waals surface area contributed by atoms with E-state index >= 15 is 0 Å². The molecule has 6 nitrogen and oxygen atoms in total. The molecule has 2 aliphatic heterocycles. The monoisotopic (exact) mass is 308 g/mol. The normalized spacial score (nSPS) is 43.8. The van der Waals surface area contributed by atoms with Crippen LogP contribution in [0.1, 0.15) is 0 Å². The Hall–Kier alpha value is 0.630. The first kappa shape index (κ1) is 14.0. The van der Waals surface area contributed by atoms with E-state index in [1.54, 1.807) is 0 Å². The van der Waals surface area contributed by atoms with Gasteiger partial charge in [0.1, 0.15) is 24.4 Å². The summed E-state index contributed by atoms with van der Waals surface area (Å²) in [4.78, 5) is 0. The van der Waals surface area contributed by atoms with Gasteiger partial charge in [-0.1, -0.05) is 34.8 Å². The molecule has 6 atom stereocenters. The second kappa shape index (κ2) is 4.96. The average molecular weight is 310 g/mol. The average Bonchev–Trinajstić information content (AvgIpc) is 2.77. The van der Waals surface area contributed by atoms with Gasteiger partial charge in [-0.25, -0.2) is 0 Å². The van der Waals surface area contributed by atoms with Gasteiger partial charge in [0.15, 0.2) is 6.29 Å². The van der Waals surface area contributed by atoms with E-state index in [0.29, 0.717) is 0 Å². The summed E-state index contributed by atoms with van der Waals surface area (Å²) in [7, 11) is 0. The first-order chi connectivity index (χ1) is 7.84. The van der Waals surface area contributed by atoms with E-state index in [1.807, 2.05) is 0 Å². The summed E-state index contributed by atoms with van der Waals surface area (Å²) < 4.78 is 13.8. The number of aliphatic hydroxyl groups is 3. The van der Waals surface area contributed by atoms with Gasteiger partial charge in [0.05, 0.1) is 6.61 Å². The predicted molar refractivity (Wildman–Crippen MR) is 57.8 cm³/mol. The second-order valence-electron chi connectivity index (χ2n) is 3.82. The SMILES string of the molecule is OC[C@@H](O)C1O[C@@H]2OC(C(Cl)(Cl)Cl)O[C@@H]2[C@H]1O. The highest BCUT2D eigenvalue weighted by atomic mass is 35.6. The number of halogens is 3. The van der Waals surface area contributed by atoms with Crippen molar-refractivity contribution in [1.82, 2.24) is 0 Å². The molecule has 0 spiro atoms. The zero-order valence-electron chi connectivity index (χ0n) is 8.37. The van der Waals surface area contributed by atoms with Crippen molar-refractivity contribution in [3.05, 3.63) is 0 Å². The first-order valence-corrected chi connectivity index (χ1v) is 5.98. The summed E-state index contributed by atoms with van der Waals surface area (Å²) in [5.74, 6) is 0. The maximum absolute atomic E-state index is 9.81. The lowest BCUT2D eigenvalue weighted by atomic mass is 10.1. The highest BCUT2D eigenvalue weighted by molar-refractivity contribution is 6.67. The fraction of sp³-hybridized carbons (Fsp3) is 1.00. The largest absolute Gasteiger partial charge is 0.394 e. The molecule has 3 N–H and O–H groups in total. The van der Waals surface area contributed by atoms with Crippen molar-refractivity contribution in [2.24, 2.45) is 0 Å². The van der Waals surface area contributed by atoms with Gasteiger partial charge in [-0.15, -0.1) is 0 Å². The Bertz CT molecular complexity index is 285. The predicted octanol–water partition coefficient (Wildman–Crippen LogP) is -0.463. The number of alkyl halides is 3. The van der Waals surface area contributed by atoms with Crippen molar-refractivity contribution in [3.63, 3.8) is 0 Å². The molecule has 0 aromatic rings. The quantitative estimate of drug-likeness (QED) is 0.598. The number of fused-ring (bicyclic) bond motifs is 1. The van der Waals surface area contributed by atoms with Gasteiger partial charge in [-0.05, 0) is 0 Å². The Morgan fingerprint density at radius 2 is 1.82 bits per heavy atom.